The van der Waals surface area contributed by atoms with Gasteiger partial charge in [-0.25, -0.2) is 0 Å². The number of aliphatic hydroxyl groups is 2. The van der Waals surface area contributed by atoms with Crippen LogP contribution in [-0.4, -0.2) is 33.1 Å². The number of rotatable bonds is 2. The third kappa shape index (κ3) is 2.63. The van der Waals surface area contributed by atoms with E-state index in [9.17, 15) is 10.2 Å². The van der Waals surface area contributed by atoms with E-state index in [0.717, 1.165) is 6.42 Å². The Hall–Kier alpha value is 0.690. The molecular weight excluding hydrogens is 267 g/mol. The fraction of sp³-hybridized carbons (Fsp3) is 1.00. The zero-order valence-electron chi connectivity index (χ0n) is 8.58. The first-order valence-electron chi connectivity index (χ1n) is 4.94. The molecule has 2 nitrogen and oxygen atoms in total. The van der Waals surface area contributed by atoms with E-state index in [2.05, 4.69) is 29.8 Å². The zero-order valence-corrected chi connectivity index (χ0v) is 10.9. The van der Waals surface area contributed by atoms with Crippen LogP contribution in [-0.2, 0) is 0 Å². The average molecular weight is 286 g/mol. The lowest BCUT2D eigenvalue weighted by atomic mass is 9.69. The van der Waals surface area contributed by atoms with Gasteiger partial charge in [0.1, 0.15) is 0 Å². The maximum atomic E-state index is 9.82. The Morgan fingerprint density at radius 1 is 1.57 bits per heavy atom. The van der Waals surface area contributed by atoms with E-state index in [1.54, 1.807) is 0 Å². The Kier molecular flexibility index (Phi) is 4.27. The largest absolute Gasteiger partial charge is 0.393 e. The van der Waals surface area contributed by atoms with Crippen LogP contribution in [0.15, 0.2) is 0 Å². The number of hydrogen-bond acceptors (Lipinski definition) is 2. The summed E-state index contributed by atoms with van der Waals surface area (Å²) in [6.07, 6.45) is 0.455. The molecule has 0 aromatic rings. The molecule has 84 valence electrons. The van der Waals surface area contributed by atoms with Crippen molar-refractivity contribution in [1.29, 1.82) is 0 Å². The lowest BCUT2D eigenvalue weighted by Gasteiger charge is -2.43. The molecule has 0 aliphatic heterocycles. The van der Waals surface area contributed by atoms with E-state index in [-0.39, 0.29) is 17.2 Å². The van der Waals surface area contributed by atoms with Crippen molar-refractivity contribution in [1.82, 2.24) is 0 Å². The normalized spacial score (nSPS) is 39.4. The highest BCUT2D eigenvalue weighted by Gasteiger charge is 2.42. The topological polar surface area (TPSA) is 40.5 Å². The molecule has 0 aromatic carbocycles. The number of halogens is 2. The van der Waals surface area contributed by atoms with Gasteiger partial charge < -0.3 is 10.2 Å². The molecule has 0 amide bonds. The number of alkyl halides is 2. The molecule has 0 spiro atoms. The minimum absolute atomic E-state index is 0.0868. The van der Waals surface area contributed by atoms with Gasteiger partial charge in [0.15, 0.2) is 0 Å². The van der Waals surface area contributed by atoms with E-state index in [0.29, 0.717) is 11.2 Å². The van der Waals surface area contributed by atoms with Crippen molar-refractivity contribution < 1.29 is 10.2 Å². The van der Waals surface area contributed by atoms with Crippen molar-refractivity contribution in [3.05, 3.63) is 0 Å². The molecule has 0 radical (unpaired) electrons. The third-order valence-corrected chi connectivity index (χ3v) is 5.13. The van der Waals surface area contributed by atoms with E-state index in [1.807, 2.05) is 0 Å². The van der Waals surface area contributed by atoms with Crippen molar-refractivity contribution in [3.8, 4) is 0 Å². The van der Waals surface area contributed by atoms with Gasteiger partial charge in [0.25, 0.3) is 0 Å². The molecule has 4 heteroatoms. The molecular formula is C10H18BrClO2. The Labute approximate surface area is 98.8 Å². The van der Waals surface area contributed by atoms with Gasteiger partial charge in [0.05, 0.1) is 12.2 Å². The predicted octanol–water partition coefficient (Wildman–Crippen LogP) is 2.15. The number of aliphatic hydroxyl groups excluding tert-OH is 2. The Balaban J connectivity index is 2.70. The van der Waals surface area contributed by atoms with Crippen molar-refractivity contribution in [2.45, 2.75) is 43.7 Å². The minimum atomic E-state index is -0.592. The fourth-order valence-electron chi connectivity index (χ4n) is 2.08. The predicted molar refractivity (Wildman–Crippen MR) is 62.0 cm³/mol. The summed E-state index contributed by atoms with van der Waals surface area (Å²) in [5, 5.41) is 19.5. The van der Waals surface area contributed by atoms with E-state index >= 15 is 0 Å². The minimum Gasteiger partial charge on any atom is -0.393 e. The summed E-state index contributed by atoms with van der Waals surface area (Å²) in [5.41, 5.74) is 0.108. The van der Waals surface area contributed by atoms with Crippen LogP contribution in [0.1, 0.15) is 26.7 Å². The summed E-state index contributed by atoms with van der Waals surface area (Å²) in [6.45, 7) is 4.29. The molecule has 0 unspecified atom stereocenters. The summed E-state index contributed by atoms with van der Waals surface area (Å²) in [6, 6.07) is 0. The molecule has 0 bridgehead atoms. The molecule has 0 saturated heterocycles. The molecule has 0 heterocycles. The van der Waals surface area contributed by atoms with Crippen LogP contribution in [0.5, 0.6) is 0 Å². The number of hydrogen-bond donors (Lipinski definition) is 2. The Bertz CT molecular complexity index is 199. The zero-order chi connectivity index (χ0) is 10.9. The highest BCUT2D eigenvalue weighted by atomic mass is 79.9. The van der Waals surface area contributed by atoms with E-state index in [4.69, 9.17) is 11.6 Å². The lowest BCUT2D eigenvalue weighted by Crippen LogP contribution is -2.46. The molecule has 14 heavy (non-hydrogen) atoms. The van der Waals surface area contributed by atoms with Crippen molar-refractivity contribution in [2.24, 2.45) is 11.3 Å². The maximum Gasteiger partial charge on any atom is 0.0728 e. The first kappa shape index (κ1) is 12.8. The standard InChI is InChI=1S/C10H18BrClO2/c1-10(2)4-6(8(14)5-12)7(13)3-9(10)11/h6-9,13-14H,3-5H2,1-2H3/t6-,7-,8+,9-/m0/s1. The Morgan fingerprint density at radius 3 is 2.64 bits per heavy atom. The Morgan fingerprint density at radius 2 is 2.14 bits per heavy atom. The molecule has 0 aromatic heterocycles. The van der Waals surface area contributed by atoms with Gasteiger partial charge in [-0.05, 0) is 18.3 Å². The van der Waals surface area contributed by atoms with Gasteiger partial charge in [-0.2, -0.15) is 0 Å². The maximum absolute atomic E-state index is 9.82. The fourth-order valence-corrected chi connectivity index (χ4v) is 2.88. The first-order valence-corrected chi connectivity index (χ1v) is 6.39. The first-order chi connectivity index (χ1) is 6.38. The van der Waals surface area contributed by atoms with Gasteiger partial charge in [-0.3, -0.25) is 0 Å². The molecule has 1 aliphatic rings. The lowest BCUT2D eigenvalue weighted by molar-refractivity contribution is -0.0323. The highest BCUT2D eigenvalue weighted by Crippen LogP contribution is 2.44. The second-order valence-electron chi connectivity index (χ2n) is 4.85. The quantitative estimate of drug-likeness (QED) is 0.763. The molecule has 4 atom stereocenters. The van der Waals surface area contributed by atoms with Crippen LogP contribution in [0.3, 0.4) is 0 Å². The van der Waals surface area contributed by atoms with Gasteiger partial charge in [0, 0.05) is 16.6 Å². The van der Waals surface area contributed by atoms with Gasteiger partial charge >= 0.3 is 0 Å². The molecule has 1 aliphatic carbocycles. The van der Waals surface area contributed by atoms with Gasteiger partial charge in [-0.1, -0.05) is 29.8 Å². The smallest absolute Gasteiger partial charge is 0.0728 e. The molecule has 1 saturated carbocycles. The van der Waals surface area contributed by atoms with Crippen LogP contribution in [0.2, 0.25) is 0 Å². The van der Waals surface area contributed by atoms with Crippen LogP contribution >= 0.6 is 27.5 Å². The van der Waals surface area contributed by atoms with Gasteiger partial charge in [-0.15, -0.1) is 11.6 Å². The molecule has 1 fully saturated rings. The van der Waals surface area contributed by atoms with Crippen LogP contribution < -0.4 is 0 Å². The van der Waals surface area contributed by atoms with Crippen molar-refractivity contribution in [3.63, 3.8) is 0 Å². The molecule has 1 rings (SSSR count). The second-order valence-corrected chi connectivity index (χ2v) is 6.26. The molecule has 2 N–H and O–H groups in total. The van der Waals surface area contributed by atoms with E-state index < -0.39 is 12.2 Å². The van der Waals surface area contributed by atoms with Crippen LogP contribution in [0.25, 0.3) is 0 Å². The van der Waals surface area contributed by atoms with E-state index in [1.165, 1.54) is 0 Å². The SMILES string of the molecule is CC1(C)C[C@H]([C@H](O)CCl)[C@@H](O)C[C@@H]1Br. The summed E-state index contributed by atoms with van der Waals surface area (Å²) in [7, 11) is 0. The second kappa shape index (κ2) is 4.69. The van der Waals surface area contributed by atoms with Crippen molar-refractivity contribution >= 4 is 27.5 Å². The van der Waals surface area contributed by atoms with Crippen LogP contribution in [0, 0.1) is 11.3 Å². The monoisotopic (exact) mass is 284 g/mol. The van der Waals surface area contributed by atoms with Crippen LogP contribution in [0.4, 0.5) is 0 Å². The van der Waals surface area contributed by atoms with Gasteiger partial charge in [0.2, 0.25) is 0 Å². The summed E-state index contributed by atoms with van der Waals surface area (Å²) < 4.78 is 0. The average Bonchev–Trinajstić information content (AvgIpc) is 2.10. The summed E-state index contributed by atoms with van der Waals surface area (Å²) in [4.78, 5) is 0.309. The highest BCUT2D eigenvalue weighted by molar-refractivity contribution is 9.09. The summed E-state index contributed by atoms with van der Waals surface area (Å²) >= 11 is 9.18. The third-order valence-electron chi connectivity index (χ3n) is 3.20. The summed E-state index contributed by atoms with van der Waals surface area (Å²) in [5.74, 6) is 0.112. The van der Waals surface area contributed by atoms with Crippen molar-refractivity contribution in [2.75, 3.05) is 5.88 Å².